The van der Waals surface area contributed by atoms with Gasteiger partial charge in [-0.3, -0.25) is 0 Å². The number of rotatable bonds is 6. The average Bonchev–Trinajstić information content (AvgIpc) is 3.79. The highest BCUT2D eigenvalue weighted by Gasteiger charge is 2.39. The number of likely N-dealkylation sites (tertiary alicyclic amines) is 1. The van der Waals surface area contributed by atoms with Gasteiger partial charge in [0, 0.05) is 49.8 Å². The van der Waals surface area contributed by atoms with Crippen LogP contribution in [0.1, 0.15) is 61.3 Å². The number of imidazole rings is 1. The SMILES string of the molecule is COC[C@H]1C[C@H](n2cc(C#Cc3ccc4c(c3)nc(C)n4C)c3c(N=C(c4ccccc4)c4ccccc4)nccc32)CN1C(=O)OC(C)(C)C. The lowest BCUT2D eigenvalue weighted by atomic mass is 10.0. The second-order valence-corrected chi connectivity index (χ2v) is 14.0. The van der Waals surface area contributed by atoms with Gasteiger partial charge in [0.1, 0.15) is 11.4 Å². The molecule has 0 N–H and O–H groups in total. The topological polar surface area (TPSA) is 86.8 Å². The number of nitrogens with zero attached hydrogens (tertiary/aromatic N) is 6. The lowest BCUT2D eigenvalue weighted by molar-refractivity contribution is 0.0146. The van der Waals surface area contributed by atoms with Crippen LogP contribution in [-0.2, 0) is 16.5 Å². The molecule has 0 radical (unpaired) electrons. The largest absolute Gasteiger partial charge is 0.444 e. The first-order valence-electron chi connectivity index (χ1n) is 17.2. The monoisotopic (exact) mass is 678 g/mol. The predicted octanol–water partition coefficient (Wildman–Crippen LogP) is 8.00. The molecule has 1 amide bonds. The minimum atomic E-state index is -0.611. The predicted molar refractivity (Wildman–Crippen MR) is 202 cm³/mol. The highest BCUT2D eigenvalue weighted by molar-refractivity contribution is 6.15. The zero-order valence-corrected chi connectivity index (χ0v) is 29.9. The molecule has 0 aliphatic carbocycles. The number of fused-ring (bicyclic) bond motifs is 2. The number of hydrogen-bond acceptors (Lipinski definition) is 6. The van der Waals surface area contributed by atoms with E-state index in [1.54, 1.807) is 18.2 Å². The Balaban J connectivity index is 1.38. The molecule has 1 fully saturated rings. The summed E-state index contributed by atoms with van der Waals surface area (Å²) < 4.78 is 15.7. The van der Waals surface area contributed by atoms with E-state index in [4.69, 9.17) is 24.4 Å². The normalized spacial score (nSPS) is 15.9. The van der Waals surface area contributed by atoms with Gasteiger partial charge in [0.15, 0.2) is 5.82 Å². The Bertz CT molecular complexity index is 2260. The third kappa shape index (κ3) is 7.01. The van der Waals surface area contributed by atoms with E-state index in [1.165, 1.54) is 0 Å². The van der Waals surface area contributed by atoms with Crippen molar-refractivity contribution >= 4 is 39.6 Å². The Morgan fingerprint density at radius 1 is 0.961 bits per heavy atom. The maximum Gasteiger partial charge on any atom is 0.410 e. The molecule has 0 saturated carbocycles. The molecule has 4 heterocycles. The molecule has 1 saturated heterocycles. The number of ether oxygens (including phenoxy) is 2. The summed E-state index contributed by atoms with van der Waals surface area (Å²) in [5.74, 6) is 8.42. The first-order chi connectivity index (χ1) is 24.6. The van der Waals surface area contributed by atoms with Crippen molar-refractivity contribution in [3.8, 4) is 11.8 Å². The second-order valence-electron chi connectivity index (χ2n) is 14.0. The van der Waals surface area contributed by atoms with Crippen molar-refractivity contribution in [3.05, 3.63) is 125 Å². The molecular formula is C42H42N6O3. The third-order valence-corrected chi connectivity index (χ3v) is 9.26. The van der Waals surface area contributed by atoms with E-state index >= 15 is 0 Å². The van der Waals surface area contributed by atoms with Gasteiger partial charge >= 0.3 is 6.09 Å². The number of amides is 1. The molecule has 0 spiro atoms. The fourth-order valence-corrected chi connectivity index (χ4v) is 6.79. The number of pyridine rings is 1. The van der Waals surface area contributed by atoms with Gasteiger partial charge < -0.3 is 23.5 Å². The lowest BCUT2D eigenvalue weighted by Gasteiger charge is -2.28. The number of aromatic nitrogens is 4. The number of benzene rings is 3. The maximum absolute atomic E-state index is 13.4. The van der Waals surface area contributed by atoms with Crippen molar-refractivity contribution in [3.63, 3.8) is 0 Å². The number of carbonyl (C=O) groups is 1. The van der Waals surface area contributed by atoms with Gasteiger partial charge in [-0.1, -0.05) is 72.5 Å². The van der Waals surface area contributed by atoms with Crippen LogP contribution in [0.2, 0.25) is 0 Å². The molecule has 3 aromatic heterocycles. The van der Waals surface area contributed by atoms with Gasteiger partial charge in [0.2, 0.25) is 0 Å². The van der Waals surface area contributed by atoms with E-state index < -0.39 is 5.60 Å². The van der Waals surface area contributed by atoms with Gasteiger partial charge in [-0.15, -0.1) is 0 Å². The van der Waals surface area contributed by atoms with Crippen LogP contribution in [-0.4, -0.2) is 67.7 Å². The van der Waals surface area contributed by atoms with Crippen molar-refractivity contribution in [1.82, 2.24) is 24.0 Å². The van der Waals surface area contributed by atoms with Crippen LogP contribution >= 0.6 is 0 Å². The lowest BCUT2D eigenvalue weighted by Crippen LogP contribution is -2.41. The first-order valence-corrected chi connectivity index (χ1v) is 17.2. The van der Waals surface area contributed by atoms with Crippen molar-refractivity contribution in [2.75, 3.05) is 20.3 Å². The van der Waals surface area contributed by atoms with Crippen molar-refractivity contribution in [1.29, 1.82) is 0 Å². The van der Waals surface area contributed by atoms with E-state index in [0.29, 0.717) is 25.4 Å². The minimum Gasteiger partial charge on any atom is -0.444 e. The van der Waals surface area contributed by atoms with Gasteiger partial charge in [0.25, 0.3) is 0 Å². The van der Waals surface area contributed by atoms with E-state index in [9.17, 15) is 4.79 Å². The Morgan fingerprint density at radius 3 is 2.33 bits per heavy atom. The van der Waals surface area contributed by atoms with Gasteiger partial charge in [-0.25, -0.2) is 19.8 Å². The Hall–Kier alpha value is -5.72. The second kappa shape index (κ2) is 13.9. The van der Waals surface area contributed by atoms with Crippen molar-refractivity contribution in [2.24, 2.45) is 12.0 Å². The zero-order chi connectivity index (χ0) is 35.7. The van der Waals surface area contributed by atoms with Crippen molar-refractivity contribution < 1.29 is 14.3 Å². The molecule has 0 unspecified atom stereocenters. The third-order valence-electron chi connectivity index (χ3n) is 9.26. The fourth-order valence-electron chi connectivity index (χ4n) is 6.79. The minimum absolute atomic E-state index is 0.0505. The fraction of sp³-hybridized carbons (Fsp3) is 0.286. The van der Waals surface area contributed by atoms with Crippen LogP contribution in [0.25, 0.3) is 21.9 Å². The van der Waals surface area contributed by atoms with Crippen LogP contribution in [0.3, 0.4) is 0 Å². The van der Waals surface area contributed by atoms with E-state index in [1.807, 2.05) is 89.3 Å². The molecule has 258 valence electrons. The van der Waals surface area contributed by atoms with Crippen molar-refractivity contribution in [2.45, 2.75) is 51.8 Å². The number of aliphatic imine (C=N–C) groups is 1. The summed E-state index contributed by atoms with van der Waals surface area (Å²) in [5.41, 5.74) is 6.75. The quantitative estimate of drug-likeness (QED) is 0.132. The van der Waals surface area contributed by atoms with E-state index in [-0.39, 0.29) is 18.2 Å². The molecule has 9 heteroatoms. The molecule has 9 nitrogen and oxygen atoms in total. The summed E-state index contributed by atoms with van der Waals surface area (Å²) in [6.45, 7) is 8.53. The number of methoxy groups -OCH3 is 1. The van der Waals surface area contributed by atoms with Gasteiger partial charge in [0.05, 0.1) is 51.9 Å². The summed E-state index contributed by atoms with van der Waals surface area (Å²) in [7, 11) is 3.68. The van der Waals surface area contributed by atoms with E-state index in [0.717, 1.165) is 55.7 Å². The standard InChI is InChI=1S/C42H42N6O3/c1-28-44-35-23-29(18-20-36(35)46(28)5)17-19-32-25-47(33-24-34(27-50-6)48(26-33)41(49)51-42(2,3)4)37-21-22-43-40(38(32)37)45-39(30-13-9-7-10-14-30)31-15-11-8-12-16-31/h7-16,18,20-23,25,33-34H,24,26-27H2,1-6H3/t33-,34+/m0/s1. The van der Waals surface area contributed by atoms with Crippen LogP contribution < -0.4 is 0 Å². The molecular weight excluding hydrogens is 637 g/mol. The molecule has 51 heavy (non-hydrogen) atoms. The molecule has 6 aromatic rings. The summed E-state index contributed by atoms with van der Waals surface area (Å²) >= 11 is 0. The van der Waals surface area contributed by atoms with Gasteiger partial charge in [-0.05, 0) is 58.4 Å². The Morgan fingerprint density at radius 2 is 1.67 bits per heavy atom. The molecule has 2 atom stereocenters. The van der Waals surface area contributed by atoms with Crippen LogP contribution in [0.4, 0.5) is 10.6 Å². The number of hydrogen-bond donors (Lipinski definition) is 0. The molecule has 1 aliphatic heterocycles. The first kappa shape index (κ1) is 33.8. The highest BCUT2D eigenvalue weighted by Crippen LogP contribution is 2.37. The molecule has 1 aliphatic rings. The number of carbonyl (C=O) groups excluding carboxylic acids is 1. The molecule has 3 aromatic carbocycles. The number of aryl methyl sites for hydroxylation is 2. The Labute approximate surface area is 298 Å². The van der Waals surface area contributed by atoms with Crippen LogP contribution in [0.5, 0.6) is 0 Å². The smallest absolute Gasteiger partial charge is 0.410 e. The Kier molecular flexibility index (Phi) is 9.19. The van der Waals surface area contributed by atoms with E-state index in [2.05, 4.69) is 57.5 Å². The van der Waals surface area contributed by atoms with Crippen LogP contribution in [0.15, 0.2) is 102 Å². The highest BCUT2D eigenvalue weighted by atomic mass is 16.6. The summed E-state index contributed by atoms with van der Waals surface area (Å²) in [6, 6.07) is 28.3. The van der Waals surface area contributed by atoms with Crippen LogP contribution in [0, 0.1) is 18.8 Å². The maximum atomic E-state index is 13.4. The summed E-state index contributed by atoms with van der Waals surface area (Å²) in [5, 5.41) is 0.850. The average molecular weight is 679 g/mol. The molecule has 7 rings (SSSR count). The zero-order valence-electron chi connectivity index (χ0n) is 29.9. The summed E-state index contributed by atoms with van der Waals surface area (Å²) in [4.78, 5) is 30.0. The van der Waals surface area contributed by atoms with Gasteiger partial charge in [-0.2, -0.15) is 0 Å². The summed E-state index contributed by atoms with van der Waals surface area (Å²) in [6.07, 6.45) is 4.23. The molecule has 0 bridgehead atoms.